The number of piperazine rings is 1. The third-order valence-electron chi connectivity index (χ3n) is 3.31. The number of hydrogen-bond donors (Lipinski definition) is 1. The van der Waals surface area contributed by atoms with Gasteiger partial charge in [-0.05, 0) is 19.1 Å². The Morgan fingerprint density at radius 1 is 1.41 bits per heavy atom. The molecule has 1 N–H and O–H groups in total. The first-order valence-corrected chi connectivity index (χ1v) is 6.24. The first kappa shape index (κ1) is 10.8. The first-order chi connectivity index (χ1) is 8.31. The molecule has 2 aromatic rings. The van der Waals surface area contributed by atoms with Crippen LogP contribution in [0.2, 0.25) is 0 Å². The van der Waals surface area contributed by atoms with Gasteiger partial charge in [0.15, 0.2) is 0 Å². The molecular formula is C14H18N2O. The highest BCUT2D eigenvalue weighted by atomic mass is 16.3. The quantitative estimate of drug-likeness (QED) is 0.857. The fourth-order valence-electron chi connectivity index (χ4n) is 2.49. The summed E-state index contributed by atoms with van der Waals surface area (Å²) in [5.41, 5.74) is 0.991. The minimum absolute atomic E-state index is 0.577. The summed E-state index contributed by atoms with van der Waals surface area (Å²) in [5.74, 6) is 1.07. The van der Waals surface area contributed by atoms with Crippen molar-refractivity contribution in [3.8, 4) is 0 Å². The van der Waals surface area contributed by atoms with Gasteiger partial charge in [-0.25, -0.2) is 0 Å². The van der Waals surface area contributed by atoms with Gasteiger partial charge in [0, 0.05) is 31.1 Å². The predicted octanol–water partition coefficient (Wildman–Crippen LogP) is 2.23. The lowest BCUT2D eigenvalue weighted by Crippen LogP contribution is -2.48. The Balaban J connectivity index is 1.75. The minimum Gasteiger partial charge on any atom is -0.460 e. The van der Waals surface area contributed by atoms with Crippen molar-refractivity contribution in [3.63, 3.8) is 0 Å². The third-order valence-corrected chi connectivity index (χ3v) is 3.31. The Hall–Kier alpha value is -1.32. The van der Waals surface area contributed by atoms with E-state index in [9.17, 15) is 0 Å². The van der Waals surface area contributed by atoms with E-state index in [0.717, 1.165) is 37.5 Å². The van der Waals surface area contributed by atoms with E-state index >= 15 is 0 Å². The number of benzene rings is 1. The van der Waals surface area contributed by atoms with Crippen molar-refractivity contribution in [2.45, 2.75) is 19.5 Å². The highest BCUT2D eigenvalue weighted by molar-refractivity contribution is 5.77. The lowest BCUT2D eigenvalue weighted by Gasteiger charge is -2.30. The Morgan fingerprint density at radius 3 is 3.12 bits per heavy atom. The van der Waals surface area contributed by atoms with E-state index < -0.39 is 0 Å². The van der Waals surface area contributed by atoms with Crippen LogP contribution in [0.4, 0.5) is 0 Å². The van der Waals surface area contributed by atoms with Gasteiger partial charge >= 0.3 is 0 Å². The number of nitrogens with one attached hydrogen (secondary N) is 1. The third kappa shape index (κ3) is 2.35. The number of fused-ring (bicyclic) bond motifs is 1. The average Bonchev–Trinajstić information content (AvgIpc) is 2.71. The molecule has 1 aliphatic heterocycles. The second-order valence-corrected chi connectivity index (χ2v) is 4.84. The molecule has 3 rings (SSSR count). The summed E-state index contributed by atoms with van der Waals surface area (Å²) in [6.07, 6.45) is 0. The van der Waals surface area contributed by atoms with Crippen molar-refractivity contribution in [3.05, 3.63) is 36.1 Å². The van der Waals surface area contributed by atoms with Crippen LogP contribution >= 0.6 is 0 Å². The molecule has 3 heteroatoms. The molecule has 0 aliphatic carbocycles. The highest BCUT2D eigenvalue weighted by Gasteiger charge is 2.16. The number of hydrogen-bond acceptors (Lipinski definition) is 3. The smallest absolute Gasteiger partial charge is 0.134 e. The second-order valence-electron chi connectivity index (χ2n) is 4.84. The summed E-state index contributed by atoms with van der Waals surface area (Å²) >= 11 is 0. The van der Waals surface area contributed by atoms with E-state index in [1.165, 1.54) is 5.39 Å². The van der Waals surface area contributed by atoms with Crippen LogP contribution in [0.5, 0.6) is 0 Å². The van der Waals surface area contributed by atoms with Gasteiger partial charge in [-0.1, -0.05) is 18.2 Å². The first-order valence-electron chi connectivity index (χ1n) is 6.24. The van der Waals surface area contributed by atoms with Crippen molar-refractivity contribution in [2.24, 2.45) is 0 Å². The van der Waals surface area contributed by atoms with Gasteiger partial charge in [0.05, 0.1) is 6.54 Å². The molecule has 0 unspecified atom stereocenters. The summed E-state index contributed by atoms with van der Waals surface area (Å²) in [4.78, 5) is 2.44. The van der Waals surface area contributed by atoms with E-state index in [2.05, 4.69) is 35.3 Å². The van der Waals surface area contributed by atoms with Crippen molar-refractivity contribution >= 4 is 11.0 Å². The van der Waals surface area contributed by atoms with Crippen molar-refractivity contribution < 1.29 is 4.42 Å². The van der Waals surface area contributed by atoms with Crippen LogP contribution < -0.4 is 5.32 Å². The van der Waals surface area contributed by atoms with E-state index in [1.807, 2.05) is 12.1 Å². The Bertz CT molecular complexity index is 473. The van der Waals surface area contributed by atoms with E-state index in [1.54, 1.807) is 0 Å². The summed E-state index contributed by atoms with van der Waals surface area (Å²) < 4.78 is 5.84. The molecule has 1 aromatic heterocycles. The lowest BCUT2D eigenvalue weighted by atomic mass is 10.2. The normalized spacial score (nSPS) is 22.1. The minimum atomic E-state index is 0.577. The van der Waals surface area contributed by atoms with Gasteiger partial charge < -0.3 is 9.73 Å². The van der Waals surface area contributed by atoms with Crippen molar-refractivity contribution in [1.29, 1.82) is 0 Å². The van der Waals surface area contributed by atoms with Crippen LogP contribution in [0.1, 0.15) is 12.7 Å². The van der Waals surface area contributed by atoms with Crippen LogP contribution in [0.3, 0.4) is 0 Å². The topological polar surface area (TPSA) is 28.4 Å². The largest absolute Gasteiger partial charge is 0.460 e. The molecule has 0 bridgehead atoms. The van der Waals surface area contributed by atoms with Gasteiger partial charge in [0.1, 0.15) is 11.3 Å². The SMILES string of the molecule is C[C@@H]1CN(Cc2cc3ccccc3o2)CCN1. The van der Waals surface area contributed by atoms with Gasteiger partial charge in [0.25, 0.3) is 0 Å². The Kier molecular flexibility index (Phi) is 2.87. The average molecular weight is 230 g/mol. The maximum atomic E-state index is 5.84. The van der Waals surface area contributed by atoms with Gasteiger partial charge in [0.2, 0.25) is 0 Å². The van der Waals surface area contributed by atoms with Gasteiger partial charge in [-0.2, -0.15) is 0 Å². The van der Waals surface area contributed by atoms with Crippen LogP contribution in [0.15, 0.2) is 34.7 Å². The molecular weight excluding hydrogens is 212 g/mol. The molecule has 17 heavy (non-hydrogen) atoms. The van der Waals surface area contributed by atoms with E-state index in [0.29, 0.717) is 6.04 Å². The molecule has 3 nitrogen and oxygen atoms in total. The molecule has 0 saturated carbocycles. The monoisotopic (exact) mass is 230 g/mol. The summed E-state index contributed by atoms with van der Waals surface area (Å²) in [7, 11) is 0. The maximum absolute atomic E-state index is 5.84. The molecule has 90 valence electrons. The molecule has 2 heterocycles. The molecule has 1 fully saturated rings. The highest BCUT2D eigenvalue weighted by Crippen LogP contribution is 2.20. The molecule has 0 spiro atoms. The van der Waals surface area contributed by atoms with Crippen LogP contribution in [-0.2, 0) is 6.54 Å². The zero-order valence-corrected chi connectivity index (χ0v) is 10.1. The molecule has 0 radical (unpaired) electrons. The molecule has 1 saturated heterocycles. The fraction of sp³-hybridized carbons (Fsp3) is 0.429. The van der Waals surface area contributed by atoms with Crippen LogP contribution in [0, 0.1) is 0 Å². The zero-order chi connectivity index (χ0) is 11.7. The molecule has 1 aromatic carbocycles. The van der Waals surface area contributed by atoms with E-state index in [-0.39, 0.29) is 0 Å². The number of para-hydroxylation sites is 1. The molecule has 0 amide bonds. The van der Waals surface area contributed by atoms with Crippen LogP contribution in [-0.4, -0.2) is 30.6 Å². The lowest BCUT2D eigenvalue weighted by molar-refractivity contribution is 0.188. The number of furan rings is 1. The summed E-state index contributed by atoms with van der Waals surface area (Å²) in [5, 5.41) is 4.65. The predicted molar refractivity (Wildman–Crippen MR) is 69.0 cm³/mol. The van der Waals surface area contributed by atoms with Crippen molar-refractivity contribution in [1.82, 2.24) is 10.2 Å². The van der Waals surface area contributed by atoms with Crippen molar-refractivity contribution in [2.75, 3.05) is 19.6 Å². The maximum Gasteiger partial charge on any atom is 0.134 e. The fourth-order valence-corrected chi connectivity index (χ4v) is 2.49. The number of rotatable bonds is 2. The Labute approximate surface area is 101 Å². The van der Waals surface area contributed by atoms with E-state index in [4.69, 9.17) is 4.42 Å². The zero-order valence-electron chi connectivity index (χ0n) is 10.1. The molecule has 1 aliphatic rings. The Morgan fingerprint density at radius 2 is 2.29 bits per heavy atom. The molecule has 1 atom stereocenters. The second kappa shape index (κ2) is 4.51. The van der Waals surface area contributed by atoms with Crippen LogP contribution in [0.25, 0.3) is 11.0 Å². The summed E-state index contributed by atoms with van der Waals surface area (Å²) in [6.45, 7) is 6.41. The standard InChI is InChI=1S/C14H18N2O/c1-11-9-16(7-6-15-11)10-13-8-12-4-2-3-5-14(12)17-13/h2-5,8,11,15H,6-7,9-10H2,1H3/t11-/m1/s1. The summed E-state index contributed by atoms with van der Waals surface area (Å²) in [6, 6.07) is 10.9. The van der Waals surface area contributed by atoms with Gasteiger partial charge in [-0.3, -0.25) is 4.90 Å². The van der Waals surface area contributed by atoms with Gasteiger partial charge in [-0.15, -0.1) is 0 Å². The number of nitrogens with zero attached hydrogens (tertiary/aromatic N) is 1.